The predicted molar refractivity (Wildman–Crippen MR) is 111 cm³/mol. The maximum atomic E-state index is 12.1. The first kappa shape index (κ1) is 22.2. The maximum Gasteiger partial charge on any atom is 0.337 e. The molecule has 162 valence electrons. The Hall–Kier alpha value is -1.47. The van der Waals surface area contributed by atoms with Crippen LogP contribution in [0.25, 0.3) is 0 Å². The second kappa shape index (κ2) is 10.5. The van der Waals surface area contributed by atoms with E-state index in [-0.39, 0.29) is 18.1 Å². The molecular weight excluding hydrogens is 370 g/mol. The zero-order chi connectivity index (χ0) is 20.7. The van der Waals surface area contributed by atoms with Crippen LogP contribution in [0.5, 0.6) is 5.75 Å². The van der Waals surface area contributed by atoms with E-state index >= 15 is 0 Å². The molecule has 0 aliphatic heterocycles. The lowest BCUT2D eigenvalue weighted by Crippen LogP contribution is -2.52. The molecule has 3 rings (SSSR count). The van der Waals surface area contributed by atoms with E-state index in [9.17, 15) is 4.79 Å². The summed E-state index contributed by atoms with van der Waals surface area (Å²) in [4.78, 5) is 12.1. The number of esters is 1. The summed E-state index contributed by atoms with van der Waals surface area (Å²) in [5.74, 6) is 0.714. The van der Waals surface area contributed by atoms with Crippen LogP contribution in [0.15, 0.2) is 18.2 Å². The number of methoxy groups -OCH3 is 1. The Kier molecular flexibility index (Phi) is 8.07. The number of hydrogen-bond donors (Lipinski definition) is 1. The van der Waals surface area contributed by atoms with Crippen LogP contribution < -0.4 is 10.5 Å². The second-order valence-corrected chi connectivity index (χ2v) is 8.46. The summed E-state index contributed by atoms with van der Waals surface area (Å²) in [6.07, 6.45) is 7.06. The van der Waals surface area contributed by atoms with E-state index in [1.165, 1.54) is 36.8 Å². The van der Waals surface area contributed by atoms with Crippen molar-refractivity contribution in [2.24, 2.45) is 11.7 Å². The smallest absolute Gasteiger partial charge is 0.337 e. The second-order valence-electron chi connectivity index (χ2n) is 8.46. The van der Waals surface area contributed by atoms with Crippen LogP contribution in [0.3, 0.4) is 0 Å². The minimum Gasteiger partial charge on any atom is -0.425 e. The monoisotopic (exact) mass is 405 g/mol. The van der Waals surface area contributed by atoms with Gasteiger partial charge in [-0.25, -0.2) is 4.79 Å². The van der Waals surface area contributed by atoms with E-state index in [0.29, 0.717) is 38.1 Å². The summed E-state index contributed by atoms with van der Waals surface area (Å²) in [6.45, 7) is 4.02. The fourth-order valence-electron chi connectivity index (χ4n) is 4.77. The van der Waals surface area contributed by atoms with Gasteiger partial charge in [-0.15, -0.1) is 0 Å². The number of nitrogens with two attached hydrogens (primary N) is 1. The van der Waals surface area contributed by atoms with Crippen LogP contribution in [0.4, 0.5) is 0 Å². The molecule has 1 aromatic rings. The van der Waals surface area contributed by atoms with Gasteiger partial charge in [0.15, 0.2) is 0 Å². The van der Waals surface area contributed by atoms with Gasteiger partial charge in [-0.1, -0.05) is 32.3 Å². The first-order valence-corrected chi connectivity index (χ1v) is 10.8. The average Bonchev–Trinajstić information content (AvgIpc) is 2.71. The van der Waals surface area contributed by atoms with Crippen LogP contribution in [0, 0.1) is 5.92 Å². The quantitative estimate of drug-likeness (QED) is 0.386. The van der Waals surface area contributed by atoms with Crippen molar-refractivity contribution in [2.45, 2.75) is 56.9 Å². The van der Waals surface area contributed by atoms with Crippen LogP contribution in [0.1, 0.15) is 50.2 Å². The van der Waals surface area contributed by atoms with Gasteiger partial charge in [-0.3, -0.25) is 0 Å². The number of rotatable bonds is 9. The summed E-state index contributed by atoms with van der Waals surface area (Å²) in [7, 11) is 1.63. The highest BCUT2D eigenvalue weighted by molar-refractivity contribution is 5.73. The van der Waals surface area contributed by atoms with E-state index in [4.69, 9.17) is 24.7 Å². The van der Waals surface area contributed by atoms with Gasteiger partial charge in [0.25, 0.3) is 0 Å². The minimum atomic E-state index is -0.400. The highest BCUT2D eigenvalue weighted by Gasteiger charge is 2.43. The summed E-state index contributed by atoms with van der Waals surface area (Å²) in [6, 6.07) is 6.19. The van der Waals surface area contributed by atoms with E-state index in [2.05, 4.69) is 13.0 Å². The number of carbonyl (C=O) groups is 1. The molecule has 1 aromatic carbocycles. The number of hydrogen-bond acceptors (Lipinski definition) is 6. The van der Waals surface area contributed by atoms with Crippen LogP contribution in [-0.4, -0.2) is 52.2 Å². The van der Waals surface area contributed by atoms with Crippen molar-refractivity contribution < 1.29 is 23.7 Å². The Balaban J connectivity index is 1.57. The third kappa shape index (κ3) is 5.57. The van der Waals surface area contributed by atoms with Crippen molar-refractivity contribution in [1.82, 2.24) is 0 Å². The van der Waals surface area contributed by atoms with Crippen LogP contribution >= 0.6 is 0 Å². The molecule has 6 heteroatoms. The van der Waals surface area contributed by atoms with Gasteiger partial charge in [0.05, 0.1) is 26.4 Å². The normalized spacial score (nSPS) is 26.3. The first-order valence-electron chi connectivity index (χ1n) is 10.8. The van der Waals surface area contributed by atoms with E-state index in [1.54, 1.807) is 7.11 Å². The van der Waals surface area contributed by atoms with Crippen molar-refractivity contribution in [3.05, 3.63) is 29.3 Å². The Bertz CT molecular complexity index is 679. The van der Waals surface area contributed by atoms with Crippen molar-refractivity contribution >= 4 is 5.97 Å². The lowest BCUT2D eigenvalue weighted by molar-refractivity contribution is -0.140. The molecule has 0 aromatic heterocycles. The molecule has 0 radical (unpaired) electrons. The molecule has 1 saturated carbocycles. The van der Waals surface area contributed by atoms with Crippen LogP contribution in [0.2, 0.25) is 0 Å². The third-order valence-corrected chi connectivity index (χ3v) is 6.45. The summed E-state index contributed by atoms with van der Waals surface area (Å²) >= 11 is 0. The Labute approximate surface area is 174 Å². The molecular formula is C23H35NO5. The molecule has 0 amide bonds. The van der Waals surface area contributed by atoms with Gasteiger partial charge >= 0.3 is 5.97 Å². The van der Waals surface area contributed by atoms with Crippen molar-refractivity contribution in [3.63, 3.8) is 0 Å². The van der Waals surface area contributed by atoms with Gasteiger partial charge in [0.2, 0.25) is 0 Å². The molecule has 6 nitrogen and oxygen atoms in total. The lowest BCUT2D eigenvalue weighted by atomic mass is 9.60. The third-order valence-electron chi connectivity index (χ3n) is 6.45. The van der Waals surface area contributed by atoms with Crippen LogP contribution in [-0.2, 0) is 30.8 Å². The van der Waals surface area contributed by atoms with Gasteiger partial charge in [-0.05, 0) is 48.4 Å². The van der Waals surface area contributed by atoms with Gasteiger partial charge in [0.1, 0.15) is 12.4 Å². The van der Waals surface area contributed by atoms with Gasteiger partial charge in [-0.2, -0.15) is 0 Å². The molecule has 0 spiro atoms. The van der Waals surface area contributed by atoms with E-state index < -0.39 is 5.97 Å². The zero-order valence-electron chi connectivity index (χ0n) is 17.8. The standard InChI is InChI=1S/C23H35NO5/c1-23-9-5-3-4-6-18(22(23)24)14-17-7-8-19(15-20(17)23)29-21(25)16-28-13-12-27-11-10-26-2/h7-8,15,18,22H,3-6,9-14,16,24H2,1-2H3/t18-,22-,23+/m0/s1. The molecule has 3 atom stereocenters. The van der Waals surface area contributed by atoms with Crippen molar-refractivity contribution in [1.29, 1.82) is 0 Å². The molecule has 2 N–H and O–H groups in total. The largest absolute Gasteiger partial charge is 0.425 e. The summed E-state index contributed by atoms with van der Waals surface area (Å²) in [5, 5.41) is 0. The molecule has 0 saturated heterocycles. The molecule has 1 fully saturated rings. The number of ether oxygens (including phenoxy) is 4. The predicted octanol–water partition coefficient (Wildman–Crippen LogP) is 2.99. The molecule has 2 aliphatic rings. The molecule has 2 bridgehead atoms. The molecule has 29 heavy (non-hydrogen) atoms. The van der Waals surface area contributed by atoms with Gasteiger partial charge < -0.3 is 24.7 Å². The fourth-order valence-corrected chi connectivity index (χ4v) is 4.77. The minimum absolute atomic E-state index is 0.0584. The maximum absolute atomic E-state index is 12.1. The lowest BCUT2D eigenvalue weighted by Gasteiger charge is -2.47. The Morgan fingerprint density at radius 1 is 1.14 bits per heavy atom. The highest BCUT2D eigenvalue weighted by Crippen LogP contribution is 2.46. The zero-order valence-corrected chi connectivity index (χ0v) is 17.8. The number of fused-ring (bicyclic) bond motifs is 4. The SMILES string of the molecule is COCCOCCOCC(=O)Oc1ccc2c(c1)[C@@]1(C)CCCCC[C@@H](C2)[C@@H]1N. The first-order chi connectivity index (χ1) is 14.0. The van der Waals surface area contributed by atoms with Crippen molar-refractivity contribution in [2.75, 3.05) is 40.1 Å². The Morgan fingerprint density at radius 3 is 2.76 bits per heavy atom. The molecule has 0 unspecified atom stereocenters. The van der Waals surface area contributed by atoms with E-state index in [1.807, 2.05) is 12.1 Å². The number of carbonyl (C=O) groups excluding carboxylic acids is 1. The van der Waals surface area contributed by atoms with E-state index in [0.717, 1.165) is 12.8 Å². The number of benzene rings is 1. The summed E-state index contributed by atoms with van der Waals surface area (Å²) in [5.41, 5.74) is 9.28. The van der Waals surface area contributed by atoms with Gasteiger partial charge in [0, 0.05) is 18.6 Å². The fraction of sp³-hybridized carbons (Fsp3) is 0.696. The molecule has 0 heterocycles. The topological polar surface area (TPSA) is 80.0 Å². The highest BCUT2D eigenvalue weighted by atomic mass is 16.6. The summed E-state index contributed by atoms with van der Waals surface area (Å²) < 4.78 is 21.1. The molecule has 2 aliphatic carbocycles. The van der Waals surface area contributed by atoms with Crippen molar-refractivity contribution in [3.8, 4) is 5.75 Å². The Morgan fingerprint density at radius 2 is 1.93 bits per heavy atom. The average molecular weight is 406 g/mol.